The van der Waals surface area contributed by atoms with Gasteiger partial charge in [0.05, 0.1) is 24.7 Å². The van der Waals surface area contributed by atoms with E-state index in [-0.39, 0.29) is 23.8 Å². The molecule has 1 aromatic carbocycles. The first-order valence-electron chi connectivity index (χ1n) is 11.0. The summed E-state index contributed by atoms with van der Waals surface area (Å²) in [6, 6.07) is 4.60. The molecule has 35 heavy (non-hydrogen) atoms. The van der Waals surface area contributed by atoms with Crippen LogP contribution in [0.25, 0.3) is 0 Å². The van der Waals surface area contributed by atoms with Crippen molar-refractivity contribution in [2.24, 2.45) is 5.92 Å². The van der Waals surface area contributed by atoms with Crippen molar-refractivity contribution >= 4 is 40.7 Å². The van der Waals surface area contributed by atoms with E-state index in [9.17, 15) is 22.8 Å². The lowest BCUT2D eigenvalue weighted by Gasteiger charge is -2.28. The third-order valence-electron chi connectivity index (χ3n) is 5.78. The van der Waals surface area contributed by atoms with Crippen LogP contribution in [0.5, 0.6) is 0 Å². The van der Waals surface area contributed by atoms with Crippen molar-refractivity contribution < 1.29 is 36.5 Å². The molecule has 1 aliphatic heterocycles. The van der Waals surface area contributed by atoms with Crippen molar-refractivity contribution in [3.05, 3.63) is 36.9 Å². The second kappa shape index (κ2) is 9.82. The van der Waals surface area contributed by atoms with Gasteiger partial charge in [0.15, 0.2) is 0 Å². The highest BCUT2D eigenvalue weighted by Crippen LogP contribution is 2.45. The summed E-state index contributed by atoms with van der Waals surface area (Å²) in [4.78, 5) is 40.1. The van der Waals surface area contributed by atoms with Crippen molar-refractivity contribution in [3.63, 3.8) is 0 Å². The van der Waals surface area contributed by atoms with Gasteiger partial charge in [-0.3, -0.25) is 13.9 Å². The molecular formula is C23H30N2O8S2. The number of thiol groups is 1. The second-order valence-electron chi connectivity index (χ2n) is 9.55. The number of rotatable bonds is 7. The number of carbonyl (C=O) groups is 3. The topological polar surface area (TPSA) is 128 Å². The lowest BCUT2D eigenvalue weighted by Crippen LogP contribution is -2.53. The largest absolute Gasteiger partial charge is 0.467 e. The van der Waals surface area contributed by atoms with Crippen LogP contribution in [0.15, 0.2) is 46.7 Å². The minimum absolute atomic E-state index is 0.0801. The average molecular weight is 527 g/mol. The molecule has 0 bridgehead atoms. The van der Waals surface area contributed by atoms with Gasteiger partial charge >= 0.3 is 12.1 Å². The first kappa shape index (κ1) is 27.0. The Morgan fingerprint density at radius 2 is 1.86 bits per heavy atom. The number of hydrogen-bond acceptors (Lipinski definition) is 9. The molecule has 0 aromatic heterocycles. The molecule has 10 nitrogen and oxygen atoms in total. The molecule has 1 N–H and O–H groups in total. The van der Waals surface area contributed by atoms with Crippen LogP contribution in [-0.4, -0.2) is 68.2 Å². The van der Waals surface area contributed by atoms with Gasteiger partial charge in [0.25, 0.3) is 10.1 Å². The molecule has 0 spiro atoms. The van der Waals surface area contributed by atoms with Crippen LogP contribution in [0.2, 0.25) is 0 Å². The van der Waals surface area contributed by atoms with Gasteiger partial charge in [-0.15, -0.1) is 19.2 Å². The zero-order valence-electron chi connectivity index (χ0n) is 20.0. The summed E-state index contributed by atoms with van der Waals surface area (Å²) in [5.74, 6) is -1.59. The molecule has 4 atom stereocenters. The second-order valence-corrected chi connectivity index (χ2v) is 11.6. The van der Waals surface area contributed by atoms with Crippen LogP contribution in [0.3, 0.4) is 0 Å². The molecule has 0 radical (unpaired) electrons. The highest BCUT2D eigenvalue weighted by atomic mass is 32.2. The molecule has 12 heteroatoms. The molecular weight excluding hydrogens is 496 g/mol. The van der Waals surface area contributed by atoms with E-state index in [1.54, 1.807) is 26.8 Å². The van der Waals surface area contributed by atoms with Crippen LogP contribution >= 0.6 is 12.6 Å². The molecule has 1 aliphatic carbocycles. The molecule has 1 heterocycles. The van der Waals surface area contributed by atoms with Gasteiger partial charge < -0.3 is 14.8 Å². The number of ether oxygens (including phenoxy) is 2. The fourth-order valence-electron chi connectivity index (χ4n) is 3.97. The van der Waals surface area contributed by atoms with Crippen molar-refractivity contribution in [2.45, 2.75) is 66.7 Å². The number of carbonyl (C=O) groups excluding carboxylic acids is 3. The SMILES string of the molecule is C=C[C@@H]1C[C@]1(NC(=O)[C@@H]1C[C@H](OS(=O)(=O)c2ccc(S)cc2)CN1C(=O)OC(C)(C)C)C(=O)OC. The Hall–Kier alpha value is -2.57. The van der Waals surface area contributed by atoms with E-state index in [1.807, 2.05) is 0 Å². The van der Waals surface area contributed by atoms with Crippen LogP contribution in [0.4, 0.5) is 4.79 Å². The molecule has 2 aliphatic rings. The maximum absolute atomic E-state index is 13.3. The van der Waals surface area contributed by atoms with Gasteiger partial charge in [-0.1, -0.05) is 6.08 Å². The number of nitrogens with one attached hydrogen (secondary N) is 1. The average Bonchev–Trinajstić information content (AvgIpc) is 3.31. The van der Waals surface area contributed by atoms with E-state index in [0.29, 0.717) is 11.3 Å². The standard InChI is InChI=1S/C23H30N2O8S2/c1-6-14-12-23(14,20(27)31-5)24-19(26)18-11-15(13-25(18)21(28)32-22(2,3)4)33-35(29,30)17-9-7-16(34)8-10-17/h6-10,14-15,18,34H,1,11-13H2,2-5H3,(H,24,26)/t14-,15+,18+,23-/m1/s1. The Morgan fingerprint density at radius 1 is 1.23 bits per heavy atom. The zero-order valence-corrected chi connectivity index (χ0v) is 21.7. The van der Waals surface area contributed by atoms with E-state index < -0.39 is 51.4 Å². The summed E-state index contributed by atoms with van der Waals surface area (Å²) in [5.41, 5.74) is -2.12. The number of methoxy groups -OCH3 is 1. The van der Waals surface area contributed by atoms with Gasteiger partial charge in [-0.2, -0.15) is 8.42 Å². The van der Waals surface area contributed by atoms with Gasteiger partial charge in [0.1, 0.15) is 17.2 Å². The normalized spacial score (nSPS) is 26.1. The van der Waals surface area contributed by atoms with Crippen molar-refractivity contribution in [3.8, 4) is 0 Å². The minimum atomic E-state index is -4.18. The van der Waals surface area contributed by atoms with E-state index in [4.69, 9.17) is 13.7 Å². The zero-order chi connectivity index (χ0) is 26.2. The van der Waals surface area contributed by atoms with E-state index in [0.717, 1.165) is 4.90 Å². The molecule has 0 unspecified atom stereocenters. The highest BCUT2D eigenvalue weighted by Gasteiger charge is 2.62. The Labute approximate surface area is 210 Å². The van der Waals surface area contributed by atoms with Crippen LogP contribution < -0.4 is 5.32 Å². The molecule has 2 amide bonds. The Morgan fingerprint density at radius 3 is 2.37 bits per heavy atom. The van der Waals surface area contributed by atoms with Gasteiger partial charge in [-0.05, 0) is 51.5 Å². The summed E-state index contributed by atoms with van der Waals surface area (Å²) < 4.78 is 41.2. The van der Waals surface area contributed by atoms with Gasteiger partial charge in [-0.25, -0.2) is 9.59 Å². The maximum Gasteiger partial charge on any atom is 0.411 e. The molecule has 192 valence electrons. The summed E-state index contributed by atoms with van der Waals surface area (Å²) in [5, 5.41) is 2.68. The third-order valence-corrected chi connectivity index (χ3v) is 7.45. The monoisotopic (exact) mass is 526 g/mol. The van der Waals surface area contributed by atoms with Crippen molar-refractivity contribution in [2.75, 3.05) is 13.7 Å². The van der Waals surface area contributed by atoms with Crippen molar-refractivity contribution in [1.82, 2.24) is 10.2 Å². The maximum atomic E-state index is 13.3. The first-order chi connectivity index (χ1) is 16.2. The summed E-state index contributed by atoms with van der Waals surface area (Å²) in [6.45, 7) is 8.49. The summed E-state index contributed by atoms with van der Waals surface area (Å²) in [6.07, 6.45) is -0.0771. The molecule has 1 saturated heterocycles. The predicted octanol–water partition coefficient (Wildman–Crippen LogP) is 2.29. The number of likely N-dealkylation sites (tertiary alicyclic amines) is 1. The fraction of sp³-hybridized carbons (Fsp3) is 0.522. The van der Waals surface area contributed by atoms with Crippen LogP contribution in [0.1, 0.15) is 33.6 Å². The predicted molar refractivity (Wildman–Crippen MR) is 128 cm³/mol. The lowest BCUT2D eigenvalue weighted by atomic mass is 10.1. The molecule has 3 rings (SSSR count). The fourth-order valence-corrected chi connectivity index (χ4v) is 5.20. The van der Waals surface area contributed by atoms with Crippen LogP contribution in [0, 0.1) is 5.92 Å². The van der Waals surface area contributed by atoms with Crippen LogP contribution in [-0.2, 0) is 33.4 Å². The minimum Gasteiger partial charge on any atom is -0.467 e. The Balaban J connectivity index is 1.82. The molecule has 1 aromatic rings. The van der Waals surface area contributed by atoms with E-state index >= 15 is 0 Å². The van der Waals surface area contributed by atoms with Gasteiger partial charge in [0.2, 0.25) is 5.91 Å². The third kappa shape index (κ3) is 5.99. The molecule has 1 saturated carbocycles. The Bertz CT molecular complexity index is 1110. The lowest BCUT2D eigenvalue weighted by molar-refractivity contribution is -0.147. The number of esters is 1. The molecule has 2 fully saturated rings. The van der Waals surface area contributed by atoms with Crippen molar-refractivity contribution in [1.29, 1.82) is 0 Å². The number of benzene rings is 1. The number of amides is 2. The summed E-state index contributed by atoms with van der Waals surface area (Å²) >= 11 is 4.14. The number of nitrogens with zero attached hydrogens (tertiary/aromatic N) is 1. The number of hydrogen-bond donors (Lipinski definition) is 2. The first-order valence-corrected chi connectivity index (χ1v) is 12.8. The smallest absolute Gasteiger partial charge is 0.411 e. The Kier molecular flexibility index (Phi) is 7.59. The van der Waals surface area contributed by atoms with Gasteiger partial charge in [0, 0.05) is 17.2 Å². The quantitative estimate of drug-likeness (QED) is 0.240. The van der Waals surface area contributed by atoms with E-state index in [2.05, 4.69) is 24.5 Å². The highest BCUT2D eigenvalue weighted by molar-refractivity contribution is 7.86. The van der Waals surface area contributed by atoms with E-state index in [1.165, 1.54) is 31.4 Å². The summed E-state index contributed by atoms with van der Waals surface area (Å²) in [7, 11) is -2.96.